The number of benzene rings is 4. The van der Waals surface area contributed by atoms with Crippen molar-refractivity contribution in [3.63, 3.8) is 0 Å². The number of hydrogen-bond donors (Lipinski definition) is 0. The van der Waals surface area contributed by atoms with E-state index in [1.54, 1.807) is 6.20 Å². The Labute approximate surface area is 293 Å². The number of fused-ring (bicyclic) bond motifs is 4. The molecule has 8 aromatic rings. The fraction of sp³-hybridized carbons (Fsp3) is 0.205. The minimum absolute atomic E-state index is 0.000767. The van der Waals surface area contributed by atoms with Gasteiger partial charge in [0.05, 0.1) is 39.6 Å². The van der Waals surface area contributed by atoms with E-state index in [4.69, 9.17) is 9.72 Å². The standard InChI is InChI=1S/C44H41N5O/c1-43(2,3)26-30-12-11-13-32(22-30)47-29-48(40-17-10-9-16-39(40)47)33-24-35(28-45-27-33)50-34-18-19-37-36-14-7-8-15-38(36)49(41(37)25-34)42-23-31(20-21-46-42)44(4,5)6/h7-25,27-28H,26H2,1-6H3. The van der Waals surface area contributed by atoms with Crippen LogP contribution >= 0.6 is 0 Å². The van der Waals surface area contributed by atoms with Gasteiger partial charge in [-0.1, -0.05) is 102 Å². The molecule has 0 aliphatic heterocycles. The van der Waals surface area contributed by atoms with E-state index in [0.29, 0.717) is 5.75 Å². The van der Waals surface area contributed by atoms with E-state index < -0.39 is 0 Å². The third-order valence-electron chi connectivity index (χ3n) is 9.15. The zero-order valence-electron chi connectivity index (χ0n) is 29.5. The van der Waals surface area contributed by atoms with Gasteiger partial charge in [-0.25, -0.2) is 4.98 Å². The van der Waals surface area contributed by atoms with Crippen LogP contribution in [0.1, 0.15) is 52.7 Å². The van der Waals surface area contributed by atoms with Gasteiger partial charge in [-0.15, -0.1) is 0 Å². The zero-order chi connectivity index (χ0) is 34.6. The molecule has 0 bridgehead atoms. The van der Waals surface area contributed by atoms with Gasteiger partial charge in [-0.2, -0.15) is 0 Å². The minimum Gasteiger partial charge on any atom is -0.456 e. The topological polar surface area (TPSA) is 48.8 Å². The van der Waals surface area contributed by atoms with E-state index in [-0.39, 0.29) is 10.8 Å². The largest absolute Gasteiger partial charge is 0.456 e. The summed E-state index contributed by atoms with van der Waals surface area (Å²) in [5, 5.41) is 2.32. The molecule has 4 heterocycles. The summed E-state index contributed by atoms with van der Waals surface area (Å²) < 4.78 is 13.0. The van der Waals surface area contributed by atoms with E-state index >= 15 is 0 Å². The maximum absolute atomic E-state index is 6.55. The number of rotatable bonds is 6. The molecule has 0 unspecified atom stereocenters. The van der Waals surface area contributed by atoms with Gasteiger partial charge in [-0.05, 0) is 71.3 Å². The van der Waals surface area contributed by atoms with Crippen LogP contribution < -0.4 is 9.30 Å². The van der Waals surface area contributed by atoms with Gasteiger partial charge in [0.2, 0.25) is 0 Å². The number of nitrogens with zero attached hydrogens (tertiary/aromatic N) is 5. The quantitative estimate of drug-likeness (QED) is 0.132. The summed E-state index contributed by atoms with van der Waals surface area (Å²) in [6, 6.07) is 38.2. The summed E-state index contributed by atoms with van der Waals surface area (Å²) in [6.07, 6.45) is 10.1. The molecule has 6 nitrogen and oxygen atoms in total. The van der Waals surface area contributed by atoms with Crippen molar-refractivity contribution in [2.45, 2.75) is 53.4 Å². The number of para-hydroxylation sites is 3. The van der Waals surface area contributed by atoms with Crippen LogP contribution in [-0.4, -0.2) is 19.1 Å². The maximum atomic E-state index is 6.55. The molecule has 50 heavy (non-hydrogen) atoms. The van der Waals surface area contributed by atoms with Gasteiger partial charge in [-0.3, -0.25) is 18.7 Å². The van der Waals surface area contributed by atoms with E-state index in [1.165, 1.54) is 16.5 Å². The van der Waals surface area contributed by atoms with Gasteiger partial charge >= 0.3 is 0 Å². The smallest absolute Gasteiger partial charge is 0.269 e. The molecule has 0 fully saturated rings. The first kappa shape index (κ1) is 31.5. The van der Waals surface area contributed by atoms with Crippen molar-refractivity contribution < 1.29 is 9.30 Å². The van der Waals surface area contributed by atoms with Gasteiger partial charge in [0.1, 0.15) is 17.3 Å². The van der Waals surface area contributed by atoms with Gasteiger partial charge in [0.25, 0.3) is 6.33 Å². The van der Waals surface area contributed by atoms with Crippen LogP contribution in [0.5, 0.6) is 11.5 Å². The molecule has 0 spiro atoms. The average Bonchev–Trinajstić information content (AvgIpc) is 3.64. The van der Waals surface area contributed by atoms with Crippen LogP contribution in [0.25, 0.3) is 50.0 Å². The van der Waals surface area contributed by atoms with Crippen LogP contribution in [0.4, 0.5) is 0 Å². The van der Waals surface area contributed by atoms with Crippen molar-refractivity contribution >= 4 is 32.8 Å². The lowest BCUT2D eigenvalue weighted by Crippen LogP contribution is -2.29. The third-order valence-corrected chi connectivity index (χ3v) is 9.15. The molecular weight excluding hydrogens is 615 g/mol. The summed E-state index contributed by atoms with van der Waals surface area (Å²) in [6.45, 7) is 13.5. The van der Waals surface area contributed by atoms with E-state index in [9.17, 15) is 0 Å². The average molecular weight is 656 g/mol. The summed E-state index contributed by atoms with van der Waals surface area (Å²) in [5.41, 5.74) is 8.91. The Hall–Kier alpha value is -5.75. The Morgan fingerprint density at radius 3 is 2.30 bits per heavy atom. The van der Waals surface area contributed by atoms with E-state index in [0.717, 1.165) is 56.8 Å². The van der Waals surface area contributed by atoms with E-state index in [1.807, 2.05) is 24.5 Å². The van der Waals surface area contributed by atoms with Crippen LogP contribution in [-0.2, 0) is 11.8 Å². The second kappa shape index (κ2) is 12.0. The molecule has 4 aromatic carbocycles. The number of imidazole rings is 1. The number of ether oxygens (including phenoxy) is 1. The molecule has 0 saturated carbocycles. The number of hydrogen-bond acceptors (Lipinski definition) is 3. The summed E-state index contributed by atoms with van der Waals surface area (Å²) >= 11 is 0. The maximum Gasteiger partial charge on any atom is 0.269 e. The first-order chi connectivity index (χ1) is 24.0. The van der Waals surface area contributed by atoms with Crippen LogP contribution in [0.15, 0.2) is 128 Å². The fourth-order valence-corrected chi connectivity index (χ4v) is 6.85. The highest BCUT2D eigenvalue weighted by atomic mass is 16.5. The predicted molar refractivity (Wildman–Crippen MR) is 202 cm³/mol. The van der Waals surface area contributed by atoms with Crippen molar-refractivity contribution in [3.8, 4) is 28.7 Å². The Bertz CT molecular complexity index is 2530. The first-order valence-electron chi connectivity index (χ1n) is 17.2. The highest BCUT2D eigenvalue weighted by molar-refractivity contribution is 6.09. The van der Waals surface area contributed by atoms with E-state index in [2.05, 4.69) is 164 Å². The lowest BCUT2D eigenvalue weighted by molar-refractivity contribution is -0.572. The molecule has 0 aliphatic rings. The molecule has 0 N–H and O–H groups in total. The number of aromatic nitrogens is 5. The van der Waals surface area contributed by atoms with Crippen molar-refractivity contribution in [1.29, 1.82) is 0 Å². The molecule has 4 aromatic heterocycles. The van der Waals surface area contributed by atoms with Crippen molar-refractivity contribution in [2.75, 3.05) is 0 Å². The van der Waals surface area contributed by atoms with Gasteiger partial charge in [0.15, 0.2) is 0 Å². The minimum atomic E-state index is 0.000767. The summed E-state index contributed by atoms with van der Waals surface area (Å²) in [7, 11) is 0. The molecule has 0 atom stereocenters. The third kappa shape index (κ3) is 5.91. The summed E-state index contributed by atoms with van der Waals surface area (Å²) in [5.74, 6) is 2.25. The van der Waals surface area contributed by atoms with Crippen LogP contribution in [0.2, 0.25) is 0 Å². The zero-order valence-corrected chi connectivity index (χ0v) is 29.5. The Morgan fingerprint density at radius 1 is 0.700 bits per heavy atom. The summed E-state index contributed by atoms with van der Waals surface area (Å²) in [4.78, 5) is 9.43. The number of pyridine rings is 2. The van der Waals surface area contributed by atoms with Crippen molar-refractivity contribution in [3.05, 3.63) is 145 Å². The molecule has 0 radical (unpaired) electrons. The van der Waals surface area contributed by atoms with Crippen molar-refractivity contribution in [1.82, 2.24) is 19.1 Å². The second-order valence-electron chi connectivity index (χ2n) is 15.3. The normalized spacial score (nSPS) is 12.3. The SMILES string of the molecule is CC(C)(C)Cc1cccc(-[n+]2[c-]n(-c3cncc(Oc4ccc5c6ccccc6n(-c6cc(C(C)(C)C)ccn6)c5c4)c3)c3ccccc32)c1. The van der Waals surface area contributed by atoms with Crippen LogP contribution in [0, 0.1) is 11.7 Å². The monoisotopic (exact) mass is 655 g/mol. The fourth-order valence-electron chi connectivity index (χ4n) is 6.85. The Morgan fingerprint density at radius 2 is 1.48 bits per heavy atom. The first-order valence-corrected chi connectivity index (χ1v) is 17.2. The molecule has 8 rings (SSSR count). The molecule has 0 amide bonds. The highest BCUT2D eigenvalue weighted by Gasteiger charge is 2.19. The Balaban J connectivity index is 1.18. The lowest BCUT2D eigenvalue weighted by atomic mass is 9.88. The second-order valence-corrected chi connectivity index (χ2v) is 15.3. The molecule has 248 valence electrons. The van der Waals surface area contributed by atoms with Crippen molar-refractivity contribution in [2.24, 2.45) is 5.41 Å². The predicted octanol–water partition coefficient (Wildman–Crippen LogP) is 10.3. The highest BCUT2D eigenvalue weighted by Crippen LogP contribution is 2.36. The molecule has 0 aliphatic carbocycles. The lowest BCUT2D eigenvalue weighted by Gasteiger charge is -2.20. The van der Waals surface area contributed by atoms with Gasteiger partial charge < -0.3 is 4.74 Å². The molecule has 0 saturated heterocycles. The van der Waals surface area contributed by atoms with Gasteiger partial charge in [0, 0.05) is 29.2 Å². The molecule has 6 heteroatoms. The van der Waals surface area contributed by atoms with Crippen LogP contribution in [0.3, 0.4) is 0 Å². The Kier molecular flexibility index (Phi) is 7.56. The molecular formula is C44H41N5O.